The molecule has 1 aliphatic rings. The quantitative estimate of drug-likeness (QED) is 0.838. The van der Waals surface area contributed by atoms with Crippen LogP contribution in [0.4, 0.5) is 5.13 Å². The number of amides is 2. The Bertz CT molecular complexity index is 749. The number of likely N-dealkylation sites (N-methyl/N-ethyl adjacent to an activating group) is 1. The number of carbonyl (C=O) groups is 2. The minimum Gasteiger partial charge on any atom is -0.455 e. The zero-order valence-electron chi connectivity index (χ0n) is 14.3. The fourth-order valence-corrected chi connectivity index (χ4v) is 3.29. The molecular weight excluding hydrogens is 342 g/mol. The van der Waals surface area contributed by atoms with Crippen LogP contribution in [0, 0.1) is 0 Å². The molecule has 0 aromatic carbocycles. The third-order valence-corrected chi connectivity index (χ3v) is 4.79. The SMILES string of the molecule is CN(C)C(=O)Cc1nnc(NC(=O)c2ccc(CN3CCCC3)o2)s1. The number of anilines is 1. The summed E-state index contributed by atoms with van der Waals surface area (Å²) in [5.41, 5.74) is 0. The van der Waals surface area contributed by atoms with Crippen molar-refractivity contribution in [3.63, 3.8) is 0 Å². The van der Waals surface area contributed by atoms with Gasteiger partial charge in [-0.3, -0.25) is 19.8 Å². The minimum absolute atomic E-state index is 0.0633. The van der Waals surface area contributed by atoms with Crippen molar-refractivity contribution in [1.82, 2.24) is 20.0 Å². The molecule has 0 saturated carbocycles. The average molecular weight is 363 g/mol. The second-order valence-corrected chi connectivity index (χ2v) is 7.23. The van der Waals surface area contributed by atoms with Crippen molar-refractivity contribution >= 4 is 28.3 Å². The molecule has 0 spiro atoms. The highest BCUT2D eigenvalue weighted by Crippen LogP contribution is 2.19. The van der Waals surface area contributed by atoms with E-state index in [0.29, 0.717) is 10.1 Å². The van der Waals surface area contributed by atoms with E-state index in [4.69, 9.17) is 4.42 Å². The molecule has 134 valence electrons. The van der Waals surface area contributed by atoms with Crippen LogP contribution in [0.2, 0.25) is 0 Å². The lowest BCUT2D eigenvalue weighted by Gasteiger charge is -2.11. The predicted octanol–water partition coefficient (Wildman–Crippen LogP) is 1.61. The fourth-order valence-electron chi connectivity index (χ4n) is 2.57. The Morgan fingerprint density at radius 1 is 1.28 bits per heavy atom. The molecule has 1 N–H and O–H groups in total. The fraction of sp³-hybridized carbons (Fsp3) is 0.500. The summed E-state index contributed by atoms with van der Waals surface area (Å²) < 4.78 is 5.62. The summed E-state index contributed by atoms with van der Waals surface area (Å²) in [4.78, 5) is 27.7. The first-order chi connectivity index (χ1) is 12.0. The summed E-state index contributed by atoms with van der Waals surface area (Å²) in [7, 11) is 3.37. The number of carbonyl (C=O) groups excluding carboxylic acids is 2. The number of furan rings is 1. The van der Waals surface area contributed by atoms with Crippen molar-refractivity contribution < 1.29 is 14.0 Å². The molecule has 0 aliphatic carbocycles. The van der Waals surface area contributed by atoms with Crippen molar-refractivity contribution in [2.45, 2.75) is 25.8 Å². The lowest BCUT2D eigenvalue weighted by Crippen LogP contribution is -2.23. The van der Waals surface area contributed by atoms with Crippen LogP contribution >= 0.6 is 11.3 Å². The van der Waals surface area contributed by atoms with Gasteiger partial charge >= 0.3 is 0 Å². The number of rotatable bonds is 6. The lowest BCUT2D eigenvalue weighted by atomic mass is 10.4. The third kappa shape index (κ3) is 4.64. The Hall–Kier alpha value is -2.26. The molecule has 0 atom stereocenters. The standard InChI is InChI=1S/C16H21N5O3S/c1-20(2)14(22)9-13-18-19-16(25-13)17-15(23)12-6-5-11(24-12)10-21-7-3-4-8-21/h5-6H,3-4,7-10H2,1-2H3,(H,17,19,23). The normalized spacial score (nSPS) is 14.6. The average Bonchev–Trinajstić information content (AvgIpc) is 3.30. The maximum Gasteiger partial charge on any atom is 0.293 e. The molecule has 2 aromatic rings. The van der Waals surface area contributed by atoms with Crippen LogP contribution < -0.4 is 5.32 Å². The molecular formula is C16H21N5O3S. The second-order valence-electron chi connectivity index (χ2n) is 6.17. The maximum atomic E-state index is 12.2. The van der Waals surface area contributed by atoms with Crippen LogP contribution in [0.5, 0.6) is 0 Å². The molecule has 1 fully saturated rings. The molecule has 2 amide bonds. The highest BCUT2D eigenvalue weighted by atomic mass is 32.1. The predicted molar refractivity (Wildman–Crippen MR) is 93.5 cm³/mol. The molecule has 1 saturated heterocycles. The maximum absolute atomic E-state index is 12.2. The van der Waals surface area contributed by atoms with Gasteiger partial charge in [-0.2, -0.15) is 0 Å². The molecule has 3 rings (SSSR count). The highest BCUT2D eigenvalue weighted by molar-refractivity contribution is 7.15. The van der Waals surface area contributed by atoms with Gasteiger partial charge in [-0.1, -0.05) is 11.3 Å². The Balaban J connectivity index is 1.56. The van der Waals surface area contributed by atoms with Gasteiger partial charge in [-0.25, -0.2) is 0 Å². The number of nitrogens with one attached hydrogen (secondary N) is 1. The first-order valence-corrected chi connectivity index (χ1v) is 8.98. The van der Waals surface area contributed by atoms with Gasteiger partial charge in [0.05, 0.1) is 13.0 Å². The largest absolute Gasteiger partial charge is 0.455 e. The van der Waals surface area contributed by atoms with Crippen molar-refractivity contribution in [2.75, 3.05) is 32.5 Å². The molecule has 1 aliphatic heterocycles. The van der Waals surface area contributed by atoms with E-state index in [0.717, 1.165) is 25.4 Å². The summed E-state index contributed by atoms with van der Waals surface area (Å²) >= 11 is 1.18. The van der Waals surface area contributed by atoms with E-state index < -0.39 is 0 Å². The Labute approximate surface area is 149 Å². The van der Waals surface area contributed by atoms with E-state index in [9.17, 15) is 9.59 Å². The lowest BCUT2D eigenvalue weighted by molar-refractivity contribution is -0.127. The minimum atomic E-state index is -0.366. The van der Waals surface area contributed by atoms with Gasteiger partial charge in [0.1, 0.15) is 10.8 Å². The summed E-state index contributed by atoms with van der Waals surface area (Å²) in [6.07, 6.45) is 2.59. The zero-order valence-corrected chi connectivity index (χ0v) is 15.1. The Morgan fingerprint density at radius 3 is 2.76 bits per heavy atom. The van der Waals surface area contributed by atoms with Gasteiger partial charge < -0.3 is 9.32 Å². The number of hydrogen-bond donors (Lipinski definition) is 1. The number of hydrogen-bond acceptors (Lipinski definition) is 7. The molecule has 8 nitrogen and oxygen atoms in total. The molecule has 2 aromatic heterocycles. The monoisotopic (exact) mass is 363 g/mol. The van der Waals surface area contributed by atoms with Gasteiger partial charge in [-0.15, -0.1) is 10.2 Å². The van der Waals surface area contributed by atoms with Gasteiger partial charge in [0.25, 0.3) is 5.91 Å². The van der Waals surface area contributed by atoms with E-state index in [1.807, 2.05) is 6.07 Å². The first kappa shape index (κ1) is 17.6. The van der Waals surface area contributed by atoms with E-state index in [1.54, 1.807) is 20.2 Å². The van der Waals surface area contributed by atoms with E-state index in [1.165, 1.54) is 29.1 Å². The van der Waals surface area contributed by atoms with Gasteiger partial charge in [0, 0.05) is 14.1 Å². The Kier molecular flexibility index (Phi) is 5.44. The zero-order chi connectivity index (χ0) is 17.8. The number of likely N-dealkylation sites (tertiary alicyclic amines) is 1. The van der Waals surface area contributed by atoms with Gasteiger partial charge in [0.2, 0.25) is 11.0 Å². The van der Waals surface area contributed by atoms with Crippen molar-refractivity contribution in [1.29, 1.82) is 0 Å². The summed E-state index contributed by atoms with van der Waals surface area (Å²) in [6.45, 7) is 2.87. The van der Waals surface area contributed by atoms with Crippen LogP contribution in [0.15, 0.2) is 16.5 Å². The van der Waals surface area contributed by atoms with Crippen LogP contribution in [-0.2, 0) is 17.8 Å². The molecule has 25 heavy (non-hydrogen) atoms. The molecule has 9 heteroatoms. The topological polar surface area (TPSA) is 91.6 Å². The summed E-state index contributed by atoms with van der Waals surface area (Å²) in [5, 5.41) is 11.4. The number of aromatic nitrogens is 2. The Morgan fingerprint density at radius 2 is 2.04 bits per heavy atom. The molecule has 3 heterocycles. The van der Waals surface area contributed by atoms with E-state index in [-0.39, 0.29) is 24.0 Å². The van der Waals surface area contributed by atoms with Crippen LogP contribution in [0.3, 0.4) is 0 Å². The van der Waals surface area contributed by atoms with Crippen molar-refractivity contribution in [3.8, 4) is 0 Å². The highest BCUT2D eigenvalue weighted by Gasteiger charge is 2.18. The second kappa shape index (κ2) is 7.75. The smallest absolute Gasteiger partial charge is 0.293 e. The van der Waals surface area contributed by atoms with Crippen molar-refractivity contribution in [3.05, 3.63) is 28.7 Å². The molecule has 0 bridgehead atoms. The summed E-state index contributed by atoms with van der Waals surface area (Å²) in [6, 6.07) is 3.49. The van der Waals surface area contributed by atoms with Gasteiger partial charge in [0.15, 0.2) is 5.76 Å². The number of nitrogens with zero attached hydrogens (tertiary/aromatic N) is 4. The van der Waals surface area contributed by atoms with Gasteiger partial charge in [-0.05, 0) is 38.1 Å². The van der Waals surface area contributed by atoms with Crippen LogP contribution in [0.1, 0.15) is 34.2 Å². The van der Waals surface area contributed by atoms with Crippen LogP contribution in [-0.4, -0.2) is 59.0 Å². The summed E-state index contributed by atoms with van der Waals surface area (Å²) in [5.74, 6) is 0.595. The molecule has 0 unspecified atom stereocenters. The van der Waals surface area contributed by atoms with E-state index >= 15 is 0 Å². The van der Waals surface area contributed by atoms with E-state index in [2.05, 4.69) is 20.4 Å². The molecule has 0 radical (unpaired) electrons. The first-order valence-electron chi connectivity index (χ1n) is 8.16. The van der Waals surface area contributed by atoms with Crippen molar-refractivity contribution in [2.24, 2.45) is 0 Å². The van der Waals surface area contributed by atoms with Crippen LogP contribution in [0.25, 0.3) is 0 Å². The third-order valence-electron chi connectivity index (χ3n) is 3.95.